The molecule has 7 heteroatoms. The van der Waals surface area contributed by atoms with Gasteiger partial charge in [-0.1, -0.05) is 24.4 Å². The first-order valence-electron chi connectivity index (χ1n) is 6.55. The SMILES string of the molecule is O=[N+]([O-])c1cc(F)c(Cl)cc1N1CCCCCC1CO. The lowest BCUT2D eigenvalue weighted by atomic mass is 10.1. The molecule has 1 unspecified atom stereocenters. The van der Waals surface area contributed by atoms with Crippen molar-refractivity contribution >= 4 is 23.0 Å². The van der Waals surface area contributed by atoms with Crippen LogP contribution in [0.25, 0.3) is 0 Å². The molecule has 0 aromatic heterocycles. The Morgan fingerprint density at radius 2 is 2.20 bits per heavy atom. The Labute approximate surface area is 121 Å². The molecule has 2 rings (SSSR count). The van der Waals surface area contributed by atoms with Crippen molar-refractivity contribution in [3.05, 3.63) is 33.1 Å². The lowest BCUT2D eigenvalue weighted by Crippen LogP contribution is -2.38. The Morgan fingerprint density at radius 1 is 1.45 bits per heavy atom. The van der Waals surface area contributed by atoms with E-state index in [0.717, 1.165) is 31.7 Å². The summed E-state index contributed by atoms with van der Waals surface area (Å²) in [4.78, 5) is 12.3. The predicted molar refractivity (Wildman–Crippen MR) is 74.8 cm³/mol. The van der Waals surface area contributed by atoms with Gasteiger partial charge in [0.1, 0.15) is 11.5 Å². The van der Waals surface area contributed by atoms with Gasteiger partial charge in [-0.2, -0.15) is 0 Å². The molecule has 0 aliphatic carbocycles. The van der Waals surface area contributed by atoms with E-state index in [1.54, 1.807) is 4.90 Å². The first kappa shape index (κ1) is 15.0. The summed E-state index contributed by atoms with van der Waals surface area (Å²) in [5, 5.41) is 20.5. The zero-order valence-electron chi connectivity index (χ0n) is 10.9. The summed E-state index contributed by atoms with van der Waals surface area (Å²) in [7, 11) is 0. The van der Waals surface area contributed by atoms with Crippen molar-refractivity contribution in [2.24, 2.45) is 0 Å². The lowest BCUT2D eigenvalue weighted by Gasteiger charge is -2.30. The molecule has 0 bridgehead atoms. The molecule has 20 heavy (non-hydrogen) atoms. The highest BCUT2D eigenvalue weighted by molar-refractivity contribution is 6.31. The topological polar surface area (TPSA) is 66.6 Å². The molecule has 1 aliphatic rings. The van der Waals surface area contributed by atoms with Gasteiger partial charge in [0.2, 0.25) is 0 Å². The number of benzene rings is 1. The Kier molecular flexibility index (Phi) is 4.77. The zero-order valence-corrected chi connectivity index (χ0v) is 11.6. The second-order valence-electron chi connectivity index (χ2n) is 4.89. The molecule has 0 spiro atoms. The van der Waals surface area contributed by atoms with E-state index in [2.05, 4.69) is 0 Å². The van der Waals surface area contributed by atoms with E-state index in [1.807, 2.05) is 0 Å². The third-order valence-corrected chi connectivity index (χ3v) is 3.90. The molecule has 0 saturated carbocycles. The maximum Gasteiger partial charge on any atom is 0.295 e. The number of aliphatic hydroxyl groups excluding tert-OH is 1. The average Bonchev–Trinajstić information content (AvgIpc) is 2.66. The third-order valence-electron chi connectivity index (χ3n) is 3.61. The Balaban J connectivity index is 2.47. The van der Waals surface area contributed by atoms with Crippen LogP contribution in [0.5, 0.6) is 0 Å². The molecule has 1 saturated heterocycles. The van der Waals surface area contributed by atoms with Gasteiger partial charge in [-0.25, -0.2) is 4.39 Å². The van der Waals surface area contributed by atoms with Crippen molar-refractivity contribution in [3.63, 3.8) is 0 Å². The van der Waals surface area contributed by atoms with Crippen molar-refractivity contribution < 1.29 is 14.4 Å². The van der Waals surface area contributed by atoms with E-state index in [9.17, 15) is 19.6 Å². The number of halogens is 2. The van der Waals surface area contributed by atoms with Crippen LogP contribution in [0, 0.1) is 15.9 Å². The van der Waals surface area contributed by atoms with Crippen molar-refractivity contribution in [3.8, 4) is 0 Å². The second-order valence-corrected chi connectivity index (χ2v) is 5.30. The highest BCUT2D eigenvalue weighted by Gasteiger charge is 2.28. The highest BCUT2D eigenvalue weighted by Crippen LogP contribution is 2.36. The normalized spacial score (nSPS) is 19.8. The number of aliphatic hydroxyl groups is 1. The number of hydrogen-bond donors (Lipinski definition) is 1. The van der Waals surface area contributed by atoms with Gasteiger partial charge in [-0.3, -0.25) is 10.1 Å². The van der Waals surface area contributed by atoms with Crippen LogP contribution in [-0.2, 0) is 0 Å². The standard InChI is InChI=1S/C13H16ClFN2O3/c14-10-6-12(13(17(19)20)7-11(10)15)16-5-3-1-2-4-9(16)8-18/h6-7,9,18H,1-5,8H2. The number of hydrogen-bond acceptors (Lipinski definition) is 4. The van der Waals surface area contributed by atoms with Crippen LogP contribution in [0.3, 0.4) is 0 Å². The molecule has 5 nitrogen and oxygen atoms in total. The van der Waals surface area contributed by atoms with Crippen LogP contribution >= 0.6 is 11.6 Å². The van der Waals surface area contributed by atoms with Gasteiger partial charge in [-0.15, -0.1) is 0 Å². The molecular formula is C13H16ClFN2O3. The van der Waals surface area contributed by atoms with E-state index in [1.165, 1.54) is 6.07 Å². The third kappa shape index (κ3) is 3.02. The average molecular weight is 303 g/mol. The van der Waals surface area contributed by atoms with Crippen molar-refractivity contribution in [1.29, 1.82) is 0 Å². The number of nitro groups is 1. The van der Waals surface area contributed by atoms with Gasteiger partial charge < -0.3 is 10.0 Å². The van der Waals surface area contributed by atoms with Crippen LogP contribution in [0.4, 0.5) is 15.8 Å². The fourth-order valence-electron chi connectivity index (χ4n) is 2.59. The molecule has 1 heterocycles. The van der Waals surface area contributed by atoms with E-state index < -0.39 is 10.7 Å². The minimum Gasteiger partial charge on any atom is -0.394 e. The summed E-state index contributed by atoms with van der Waals surface area (Å²) >= 11 is 5.75. The highest BCUT2D eigenvalue weighted by atomic mass is 35.5. The van der Waals surface area contributed by atoms with Crippen LogP contribution in [0.1, 0.15) is 25.7 Å². The van der Waals surface area contributed by atoms with Crippen LogP contribution in [0.2, 0.25) is 5.02 Å². The summed E-state index contributed by atoms with van der Waals surface area (Å²) in [5.74, 6) is -0.808. The van der Waals surface area contributed by atoms with Gasteiger partial charge in [0.25, 0.3) is 5.69 Å². The molecule has 0 radical (unpaired) electrons. The largest absolute Gasteiger partial charge is 0.394 e. The summed E-state index contributed by atoms with van der Waals surface area (Å²) in [6, 6.07) is 1.93. The fourth-order valence-corrected chi connectivity index (χ4v) is 2.74. The minimum atomic E-state index is -0.808. The molecule has 1 atom stereocenters. The lowest BCUT2D eigenvalue weighted by molar-refractivity contribution is -0.384. The van der Waals surface area contributed by atoms with Gasteiger partial charge in [0.15, 0.2) is 0 Å². The summed E-state index contributed by atoms with van der Waals surface area (Å²) < 4.78 is 13.4. The first-order chi connectivity index (χ1) is 9.54. The molecule has 0 amide bonds. The molecule has 1 aliphatic heterocycles. The van der Waals surface area contributed by atoms with Gasteiger partial charge in [0.05, 0.1) is 28.7 Å². The fraction of sp³-hybridized carbons (Fsp3) is 0.538. The number of anilines is 1. The summed E-state index contributed by atoms with van der Waals surface area (Å²) in [6.07, 6.45) is 3.60. The second kappa shape index (κ2) is 6.37. The van der Waals surface area contributed by atoms with Crippen molar-refractivity contribution in [2.45, 2.75) is 31.7 Å². The van der Waals surface area contributed by atoms with Crippen molar-refractivity contribution in [1.82, 2.24) is 0 Å². The van der Waals surface area contributed by atoms with E-state index in [-0.39, 0.29) is 29.0 Å². The maximum atomic E-state index is 13.4. The quantitative estimate of drug-likeness (QED) is 0.688. The smallest absolute Gasteiger partial charge is 0.295 e. The number of nitrogens with zero attached hydrogens (tertiary/aromatic N) is 2. The number of rotatable bonds is 3. The molecule has 1 fully saturated rings. The Hall–Kier alpha value is -1.40. The molecule has 110 valence electrons. The molecule has 1 aromatic rings. The predicted octanol–water partition coefficient (Wildman–Crippen LogP) is 3.13. The van der Waals surface area contributed by atoms with Gasteiger partial charge in [-0.05, 0) is 18.9 Å². The van der Waals surface area contributed by atoms with Crippen LogP contribution in [-0.4, -0.2) is 29.2 Å². The van der Waals surface area contributed by atoms with Gasteiger partial charge in [0, 0.05) is 6.54 Å². The molecule has 1 aromatic carbocycles. The Morgan fingerprint density at radius 3 is 2.85 bits per heavy atom. The van der Waals surface area contributed by atoms with Gasteiger partial charge >= 0.3 is 0 Å². The minimum absolute atomic E-state index is 0.0911. The van der Waals surface area contributed by atoms with E-state index in [4.69, 9.17) is 11.6 Å². The zero-order chi connectivity index (χ0) is 14.7. The molecular weight excluding hydrogens is 287 g/mol. The van der Waals surface area contributed by atoms with Crippen molar-refractivity contribution in [2.75, 3.05) is 18.1 Å². The Bertz CT molecular complexity index is 513. The monoisotopic (exact) mass is 302 g/mol. The first-order valence-corrected chi connectivity index (χ1v) is 6.93. The van der Waals surface area contributed by atoms with E-state index >= 15 is 0 Å². The van der Waals surface area contributed by atoms with E-state index in [0.29, 0.717) is 6.54 Å². The van der Waals surface area contributed by atoms with Crippen LogP contribution < -0.4 is 4.90 Å². The van der Waals surface area contributed by atoms with Crippen LogP contribution in [0.15, 0.2) is 12.1 Å². The maximum absolute atomic E-state index is 13.4. The summed E-state index contributed by atoms with van der Waals surface area (Å²) in [5.41, 5.74) is -0.0328. The summed E-state index contributed by atoms with van der Waals surface area (Å²) in [6.45, 7) is 0.500. The molecule has 1 N–H and O–H groups in total. The number of nitro benzene ring substituents is 1.